The van der Waals surface area contributed by atoms with Gasteiger partial charge in [-0.05, 0) is 0 Å². The van der Waals surface area contributed by atoms with Crippen LogP contribution in [-0.4, -0.2) is 11.2 Å². The maximum absolute atomic E-state index is 8.07. The Balaban J connectivity index is 3.40. The lowest BCUT2D eigenvalue weighted by molar-refractivity contribution is 0.287. The minimum atomic E-state index is -1.23. The Kier molecular flexibility index (Phi) is 1.89. The van der Waals surface area contributed by atoms with Crippen molar-refractivity contribution in [3.05, 3.63) is 0 Å². The minimum Gasteiger partial charge on any atom is -0.368 e. The lowest BCUT2D eigenvalue weighted by atomic mass is 10.4. The largest absolute Gasteiger partial charge is 0.368 e. The molecule has 6 heavy (non-hydrogen) atoms. The fourth-order valence-electron chi connectivity index (χ4n) is 0.0373. The van der Waals surface area contributed by atoms with E-state index in [2.05, 4.69) is 6.42 Å². The number of aliphatic hydroxyl groups excluding tert-OH is 1. The van der Waals surface area contributed by atoms with Crippen molar-refractivity contribution in [2.24, 2.45) is 0 Å². The maximum Gasteiger partial charge on any atom is 0.202 e. The van der Waals surface area contributed by atoms with E-state index >= 15 is 0 Å². The highest BCUT2D eigenvalue weighted by molar-refractivity contribution is 5.05. The Hall–Kier alpha value is -0.990. The molecule has 2 nitrogen and oxygen atoms in total. The van der Waals surface area contributed by atoms with Crippen molar-refractivity contribution >= 4 is 0 Å². The molecule has 0 aliphatic carbocycles. The second-order valence-electron chi connectivity index (χ2n) is 0.698. The number of terminal acetylenes is 1. The van der Waals surface area contributed by atoms with Gasteiger partial charge in [-0.15, -0.1) is 6.42 Å². The van der Waals surface area contributed by atoms with Crippen LogP contribution in [0.3, 0.4) is 0 Å². The molecule has 1 atom stereocenters. The summed E-state index contributed by atoms with van der Waals surface area (Å²) < 4.78 is 0. The highest BCUT2D eigenvalue weighted by Crippen LogP contribution is 1.67. The molecule has 0 aromatic carbocycles. The molecular formula is C4H3NO. The van der Waals surface area contributed by atoms with Gasteiger partial charge >= 0.3 is 0 Å². The summed E-state index contributed by atoms with van der Waals surface area (Å²) in [5.74, 6) is 1.81. The molecule has 0 aromatic heterocycles. The van der Waals surface area contributed by atoms with Gasteiger partial charge in [0.05, 0.1) is 0 Å². The van der Waals surface area contributed by atoms with Crippen LogP contribution in [0.5, 0.6) is 0 Å². The van der Waals surface area contributed by atoms with E-state index in [0.717, 1.165) is 0 Å². The molecule has 30 valence electrons. The number of hydrogen-bond acceptors (Lipinski definition) is 2. The predicted octanol–water partition coefficient (Wildman–Crippen LogP) is -0.496. The summed E-state index contributed by atoms with van der Waals surface area (Å²) in [6, 6.07) is 1.43. The molecule has 2 heteroatoms. The molecule has 0 spiro atoms. The summed E-state index contributed by atoms with van der Waals surface area (Å²) in [4.78, 5) is 0. The molecule has 0 amide bonds. The van der Waals surface area contributed by atoms with Crippen molar-refractivity contribution in [2.45, 2.75) is 6.10 Å². The van der Waals surface area contributed by atoms with E-state index in [1.54, 1.807) is 0 Å². The summed E-state index contributed by atoms with van der Waals surface area (Å²) in [6.07, 6.45) is 3.33. The first-order valence-electron chi connectivity index (χ1n) is 1.35. The van der Waals surface area contributed by atoms with Crippen molar-refractivity contribution in [3.8, 4) is 18.4 Å². The zero-order valence-corrected chi connectivity index (χ0v) is 3.05. The van der Waals surface area contributed by atoms with Crippen LogP contribution in [0.2, 0.25) is 0 Å². The minimum absolute atomic E-state index is 1.23. The summed E-state index contributed by atoms with van der Waals surface area (Å²) >= 11 is 0. The molecule has 0 fully saturated rings. The molecule has 1 N–H and O–H groups in total. The molecule has 0 radical (unpaired) electrons. The molecular weight excluding hydrogens is 78.1 g/mol. The van der Waals surface area contributed by atoms with E-state index in [1.807, 2.05) is 5.92 Å². The highest BCUT2D eigenvalue weighted by Gasteiger charge is 1.86. The molecule has 1 unspecified atom stereocenters. The van der Waals surface area contributed by atoms with Crippen molar-refractivity contribution < 1.29 is 5.11 Å². The third-order valence-corrected chi connectivity index (χ3v) is 0.280. The first-order valence-corrected chi connectivity index (χ1v) is 1.35. The van der Waals surface area contributed by atoms with E-state index in [4.69, 9.17) is 10.4 Å². The first-order chi connectivity index (χ1) is 2.81. The highest BCUT2D eigenvalue weighted by atomic mass is 16.3. The van der Waals surface area contributed by atoms with Gasteiger partial charge < -0.3 is 5.11 Å². The Morgan fingerprint density at radius 3 is 2.33 bits per heavy atom. The molecule has 0 saturated heterocycles. The van der Waals surface area contributed by atoms with Crippen molar-refractivity contribution in [2.75, 3.05) is 0 Å². The normalized spacial score (nSPS) is 11.2. The summed E-state index contributed by atoms with van der Waals surface area (Å²) in [5, 5.41) is 15.8. The number of nitrogens with zero attached hydrogens (tertiary/aromatic N) is 1. The Labute approximate surface area is 36.0 Å². The van der Waals surface area contributed by atoms with Crippen LogP contribution in [0.1, 0.15) is 0 Å². The Morgan fingerprint density at radius 1 is 1.83 bits per heavy atom. The van der Waals surface area contributed by atoms with Gasteiger partial charge in [-0.3, -0.25) is 0 Å². The number of aliphatic hydroxyl groups is 1. The van der Waals surface area contributed by atoms with Crippen molar-refractivity contribution in [1.82, 2.24) is 0 Å². The van der Waals surface area contributed by atoms with Crippen LogP contribution in [0.15, 0.2) is 0 Å². The maximum atomic E-state index is 8.07. The first kappa shape index (κ1) is 5.01. The number of hydrogen-bond donors (Lipinski definition) is 1. The third kappa shape index (κ3) is 1.34. The zero-order valence-electron chi connectivity index (χ0n) is 3.05. The fraction of sp³-hybridized carbons (Fsp3) is 0.250. The number of nitriles is 1. The predicted molar refractivity (Wildman–Crippen MR) is 20.5 cm³/mol. The van der Waals surface area contributed by atoms with Gasteiger partial charge in [0.25, 0.3) is 0 Å². The van der Waals surface area contributed by atoms with E-state index in [0.29, 0.717) is 0 Å². The average molecular weight is 81.1 g/mol. The van der Waals surface area contributed by atoms with Gasteiger partial charge in [-0.2, -0.15) is 5.26 Å². The second kappa shape index (κ2) is 2.26. The van der Waals surface area contributed by atoms with E-state index < -0.39 is 6.10 Å². The molecule has 0 saturated carbocycles. The van der Waals surface area contributed by atoms with Crippen LogP contribution in [0.4, 0.5) is 0 Å². The Bertz CT molecular complexity index is 91.7. The van der Waals surface area contributed by atoms with Gasteiger partial charge in [0.2, 0.25) is 6.10 Å². The van der Waals surface area contributed by atoms with E-state index in [9.17, 15) is 0 Å². The van der Waals surface area contributed by atoms with E-state index in [-0.39, 0.29) is 0 Å². The molecule has 0 aromatic rings. The van der Waals surface area contributed by atoms with Gasteiger partial charge in [-0.25, -0.2) is 0 Å². The van der Waals surface area contributed by atoms with Crippen LogP contribution in [0, 0.1) is 23.7 Å². The molecule has 0 aliphatic rings. The smallest absolute Gasteiger partial charge is 0.202 e. The van der Waals surface area contributed by atoms with Gasteiger partial charge in [0.1, 0.15) is 6.07 Å². The van der Waals surface area contributed by atoms with Crippen molar-refractivity contribution in [1.29, 1.82) is 5.26 Å². The Morgan fingerprint density at radius 2 is 2.33 bits per heavy atom. The standard InChI is InChI=1S/C4H3NO/c1-2-4(6)3-5/h1,4,6H. The average Bonchev–Trinajstić information content (AvgIpc) is 1.65. The molecule has 0 heterocycles. The quantitative estimate of drug-likeness (QED) is 0.315. The second-order valence-corrected chi connectivity index (χ2v) is 0.698. The molecule has 0 rings (SSSR count). The third-order valence-electron chi connectivity index (χ3n) is 0.280. The van der Waals surface area contributed by atoms with Crippen molar-refractivity contribution in [3.63, 3.8) is 0 Å². The monoisotopic (exact) mass is 81.0 g/mol. The lowest BCUT2D eigenvalue weighted by Crippen LogP contribution is -1.94. The van der Waals surface area contributed by atoms with E-state index in [1.165, 1.54) is 6.07 Å². The number of rotatable bonds is 0. The molecule has 0 aliphatic heterocycles. The van der Waals surface area contributed by atoms with Gasteiger partial charge in [0.15, 0.2) is 0 Å². The zero-order chi connectivity index (χ0) is 4.99. The summed E-state index contributed by atoms with van der Waals surface area (Å²) in [7, 11) is 0. The topological polar surface area (TPSA) is 44.0 Å². The van der Waals surface area contributed by atoms with Crippen LogP contribution in [-0.2, 0) is 0 Å². The van der Waals surface area contributed by atoms with Crippen LogP contribution < -0.4 is 0 Å². The van der Waals surface area contributed by atoms with Crippen LogP contribution in [0.25, 0.3) is 0 Å². The molecule has 0 bridgehead atoms. The summed E-state index contributed by atoms with van der Waals surface area (Å²) in [6.45, 7) is 0. The van der Waals surface area contributed by atoms with Gasteiger partial charge in [-0.1, -0.05) is 5.92 Å². The van der Waals surface area contributed by atoms with Crippen LogP contribution >= 0.6 is 0 Å². The SMILES string of the molecule is C#CC(O)C#N. The van der Waals surface area contributed by atoms with Gasteiger partial charge in [0, 0.05) is 0 Å². The fourth-order valence-corrected chi connectivity index (χ4v) is 0.0373. The summed E-state index contributed by atoms with van der Waals surface area (Å²) in [5.41, 5.74) is 0. The lowest BCUT2D eigenvalue weighted by Gasteiger charge is -1.77.